The van der Waals surface area contributed by atoms with E-state index in [4.69, 9.17) is 4.74 Å². The van der Waals surface area contributed by atoms with Gasteiger partial charge in [-0.3, -0.25) is 14.5 Å². The first-order chi connectivity index (χ1) is 12.0. The zero-order valence-corrected chi connectivity index (χ0v) is 15.3. The number of para-hydroxylation sites is 1. The molecule has 1 aliphatic carbocycles. The maximum atomic E-state index is 12.8. The number of carbonyl (C=O) groups excluding carboxylic acids is 2. The van der Waals surface area contributed by atoms with Crippen LogP contribution in [0.4, 0.5) is 0 Å². The number of hydrogen-bond acceptors (Lipinski definition) is 4. The number of piperazine rings is 1. The van der Waals surface area contributed by atoms with Crippen LogP contribution in [-0.2, 0) is 9.59 Å². The molecule has 2 atom stereocenters. The number of ether oxygens (including phenoxy) is 1. The average molecular weight is 345 g/mol. The first kappa shape index (κ1) is 17.7. The summed E-state index contributed by atoms with van der Waals surface area (Å²) in [6.45, 7) is 3.36. The SMILES string of the molecule is COc1ccccc1[C@@H]1C[C@H]1C(=O)N1CCN(CC(=O)N(C)C)CC1. The molecule has 0 radical (unpaired) electrons. The molecule has 25 heavy (non-hydrogen) atoms. The Kier molecular flexibility index (Phi) is 5.27. The van der Waals surface area contributed by atoms with Gasteiger partial charge in [0.15, 0.2) is 0 Å². The van der Waals surface area contributed by atoms with Crippen LogP contribution in [-0.4, -0.2) is 80.4 Å². The van der Waals surface area contributed by atoms with Crippen molar-refractivity contribution in [3.8, 4) is 5.75 Å². The Hall–Kier alpha value is -2.08. The van der Waals surface area contributed by atoms with Gasteiger partial charge in [0.1, 0.15) is 5.75 Å². The summed E-state index contributed by atoms with van der Waals surface area (Å²) in [6.07, 6.45) is 0.901. The summed E-state index contributed by atoms with van der Waals surface area (Å²) in [5.41, 5.74) is 1.14. The number of methoxy groups -OCH3 is 1. The van der Waals surface area contributed by atoms with Crippen LogP contribution in [0.5, 0.6) is 5.75 Å². The maximum absolute atomic E-state index is 12.8. The molecule has 136 valence electrons. The minimum absolute atomic E-state index is 0.0752. The lowest BCUT2D eigenvalue weighted by atomic mass is 10.1. The van der Waals surface area contributed by atoms with E-state index >= 15 is 0 Å². The Balaban J connectivity index is 1.52. The zero-order valence-electron chi connectivity index (χ0n) is 15.3. The molecule has 1 aromatic rings. The number of likely N-dealkylation sites (N-methyl/N-ethyl adjacent to an activating group) is 1. The fraction of sp³-hybridized carbons (Fsp3) is 0.579. The molecule has 2 aliphatic rings. The fourth-order valence-electron chi connectivity index (χ4n) is 3.48. The van der Waals surface area contributed by atoms with Gasteiger partial charge in [0.25, 0.3) is 0 Å². The second-order valence-electron chi connectivity index (χ2n) is 7.08. The number of nitrogens with zero attached hydrogens (tertiary/aromatic N) is 3. The molecule has 0 aromatic heterocycles. The standard InChI is InChI=1S/C19H27N3O3/c1-20(2)18(23)13-21-8-10-22(11-9-21)19(24)16-12-15(16)14-6-4-5-7-17(14)25-3/h4-7,15-16H,8-13H2,1-3H3/t15-,16+/m0/s1. The van der Waals surface area contributed by atoms with E-state index in [1.807, 2.05) is 23.1 Å². The smallest absolute Gasteiger partial charge is 0.236 e. The molecule has 3 rings (SSSR count). The van der Waals surface area contributed by atoms with Crippen LogP contribution in [0.15, 0.2) is 24.3 Å². The lowest BCUT2D eigenvalue weighted by molar-refractivity contribution is -0.135. The highest BCUT2D eigenvalue weighted by atomic mass is 16.5. The third-order valence-electron chi connectivity index (χ3n) is 5.19. The van der Waals surface area contributed by atoms with Gasteiger partial charge in [0.05, 0.1) is 13.7 Å². The largest absolute Gasteiger partial charge is 0.496 e. The Morgan fingerprint density at radius 2 is 1.84 bits per heavy atom. The molecule has 2 fully saturated rings. The van der Waals surface area contributed by atoms with Crippen LogP contribution in [0, 0.1) is 5.92 Å². The van der Waals surface area contributed by atoms with Crippen LogP contribution in [0.25, 0.3) is 0 Å². The molecule has 1 saturated carbocycles. The van der Waals surface area contributed by atoms with Crippen LogP contribution in [0.3, 0.4) is 0 Å². The van der Waals surface area contributed by atoms with Gasteiger partial charge >= 0.3 is 0 Å². The van der Waals surface area contributed by atoms with Crippen molar-refractivity contribution >= 4 is 11.8 Å². The van der Waals surface area contributed by atoms with Gasteiger partial charge in [-0.2, -0.15) is 0 Å². The second-order valence-corrected chi connectivity index (χ2v) is 7.08. The molecule has 1 saturated heterocycles. The van der Waals surface area contributed by atoms with Crippen molar-refractivity contribution < 1.29 is 14.3 Å². The highest BCUT2D eigenvalue weighted by molar-refractivity contribution is 5.83. The van der Waals surface area contributed by atoms with E-state index in [-0.39, 0.29) is 23.7 Å². The van der Waals surface area contributed by atoms with Crippen molar-refractivity contribution in [2.24, 2.45) is 5.92 Å². The topological polar surface area (TPSA) is 53.1 Å². The van der Waals surface area contributed by atoms with Crippen molar-refractivity contribution in [2.75, 3.05) is 53.9 Å². The molecule has 2 amide bonds. The summed E-state index contributed by atoms with van der Waals surface area (Å²) < 4.78 is 5.42. The molecular formula is C19H27N3O3. The van der Waals surface area contributed by atoms with Gasteiger partial charge in [-0.05, 0) is 24.0 Å². The lowest BCUT2D eigenvalue weighted by Crippen LogP contribution is -2.51. The molecule has 0 unspecified atom stereocenters. The summed E-state index contributed by atoms with van der Waals surface area (Å²) in [5, 5.41) is 0. The summed E-state index contributed by atoms with van der Waals surface area (Å²) in [5.74, 6) is 1.57. The number of hydrogen-bond donors (Lipinski definition) is 0. The number of rotatable bonds is 5. The minimum atomic E-state index is 0.0752. The summed E-state index contributed by atoms with van der Waals surface area (Å²) in [4.78, 5) is 30.3. The van der Waals surface area contributed by atoms with E-state index in [9.17, 15) is 9.59 Å². The van der Waals surface area contributed by atoms with Crippen LogP contribution in [0.1, 0.15) is 17.9 Å². The Morgan fingerprint density at radius 3 is 2.48 bits per heavy atom. The van der Waals surface area contributed by atoms with Crippen LogP contribution < -0.4 is 4.74 Å². The van der Waals surface area contributed by atoms with Crippen LogP contribution >= 0.6 is 0 Å². The van der Waals surface area contributed by atoms with Crippen molar-refractivity contribution in [3.05, 3.63) is 29.8 Å². The number of amides is 2. The van der Waals surface area contributed by atoms with Crippen molar-refractivity contribution in [3.63, 3.8) is 0 Å². The highest BCUT2D eigenvalue weighted by Crippen LogP contribution is 2.51. The Labute approximate surface area is 149 Å². The van der Waals surface area contributed by atoms with Crippen molar-refractivity contribution in [2.45, 2.75) is 12.3 Å². The van der Waals surface area contributed by atoms with Gasteiger partial charge in [-0.15, -0.1) is 0 Å². The van der Waals surface area contributed by atoms with Crippen molar-refractivity contribution in [1.82, 2.24) is 14.7 Å². The van der Waals surface area contributed by atoms with E-state index in [1.54, 1.807) is 26.1 Å². The molecule has 6 nitrogen and oxygen atoms in total. The van der Waals surface area contributed by atoms with Gasteiger partial charge in [-0.25, -0.2) is 0 Å². The van der Waals surface area contributed by atoms with Crippen molar-refractivity contribution in [1.29, 1.82) is 0 Å². The predicted octanol–water partition coefficient (Wildman–Crippen LogP) is 1.03. The fourth-order valence-corrected chi connectivity index (χ4v) is 3.48. The van der Waals surface area contributed by atoms with E-state index in [0.29, 0.717) is 19.6 Å². The number of benzene rings is 1. The monoisotopic (exact) mass is 345 g/mol. The predicted molar refractivity (Wildman–Crippen MR) is 95.6 cm³/mol. The summed E-state index contributed by atoms with van der Waals surface area (Å²) >= 11 is 0. The molecule has 1 aliphatic heterocycles. The summed E-state index contributed by atoms with van der Waals surface area (Å²) in [7, 11) is 5.21. The molecular weight excluding hydrogens is 318 g/mol. The molecule has 1 aromatic carbocycles. The minimum Gasteiger partial charge on any atom is -0.496 e. The van der Waals surface area contributed by atoms with Gasteiger partial charge in [0.2, 0.25) is 11.8 Å². The van der Waals surface area contributed by atoms with Gasteiger partial charge in [-0.1, -0.05) is 18.2 Å². The van der Waals surface area contributed by atoms with E-state index in [1.165, 1.54) is 0 Å². The molecule has 0 bridgehead atoms. The first-order valence-electron chi connectivity index (χ1n) is 8.85. The third kappa shape index (κ3) is 3.95. The summed E-state index contributed by atoms with van der Waals surface area (Å²) in [6, 6.07) is 7.96. The molecule has 0 N–H and O–H groups in total. The molecule has 0 spiro atoms. The van der Waals surface area contributed by atoms with Crippen LogP contribution in [0.2, 0.25) is 0 Å². The molecule has 6 heteroatoms. The average Bonchev–Trinajstić information content (AvgIpc) is 3.42. The first-order valence-corrected chi connectivity index (χ1v) is 8.85. The second kappa shape index (κ2) is 7.44. The molecule has 1 heterocycles. The van der Waals surface area contributed by atoms with Gasteiger partial charge < -0.3 is 14.5 Å². The highest BCUT2D eigenvalue weighted by Gasteiger charge is 2.47. The maximum Gasteiger partial charge on any atom is 0.236 e. The number of carbonyl (C=O) groups is 2. The van der Waals surface area contributed by atoms with E-state index in [0.717, 1.165) is 30.8 Å². The zero-order chi connectivity index (χ0) is 18.0. The quantitative estimate of drug-likeness (QED) is 0.800. The van der Waals surface area contributed by atoms with E-state index < -0.39 is 0 Å². The van der Waals surface area contributed by atoms with Gasteiger partial charge in [0, 0.05) is 46.2 Å². The Bertz CT molecular complexity index is 639. The normalized spacial score (nSPS) is 23.2. The Morgan fingerprint density at radius 1 is 1.16 bits per heavy atom. The lowest BCUT2D eigenvalue weighted by Gasteiger charge is -2.35. The third-order valence-corrected chi connectivity index (χ3v) is 5.19. The van der Waals surface area contributed by atoms with E-state index in [2.05, 4.69) is 11.0 Å².